The van der Waals surface area contributed by atoms with Crippen molar-refractivity contribution in [1.82, 2.24) is 24.6 Å². The summed E-state index contributed by atoms with van der Waals surface area (Å²) in [6, 6.07) is 15.8. The van der Waals surface area contributed by atoms with Gasteiger partial charge in [-0.1, -0.05) is 42.5 Å². The van der Waals surface area contributed by atoms with Crippen molar-refractivity contribution in [1.29, 1.82) is 0 Å². The minimum atomic E-state index is -0.321. The Morgan fingerprint density at radius 1 is 1.03 bits per heavy atom. The van der Waals surface area contributed by atoms with Crippen LogP contribution in [0.4, 0.5) is 4.39 Å². The summed E-state index contributed by atoms with van der Waals surface area (Å²) >= 11 is 0. The molecule has 2 aromatic carbocycles. The number of aryl methyl sites for hydroxylation is 1. The number of halogens is 1. The Balaban J connectivity index is 1.35. The van der Waals surface area contributed by atoms with Crippen molar-refractivity contribution < 1.29 is 9.18 Å². The number of fused-ring (bicyclic) bond motifs is 1. The van der Waals surface area contributed by atoms with E-state index in [0.29, 0.717) is 43.5 Å². The van der Waals surface area contributed by atoms with Crippen molar-refractivity contribution in [3.8, 4) is 0 Å². The van der Waals surface area contributed by atoms with E-state index in [0.717, 1.165) is 11.1 Å². The molecular weight excluding hydrogens is 397 g/mol. The number of hydrogen-bond acceptors (Lipinski definition) is 4. The van der Waals surface area contributed by atoms with Gasteiger partial charge in [-0.15, -0.1) is 0 Å². The van der Waals surface area contributed by atoms with Crippen LogP contribution in [-0.4, -0.2) is 31.8 Å². The first-order valence-corrected chi connectivity index (χ1v) is 10.1. The van der Waals surface area contributed by atoms with E-state index >= 15 is 0 Å². The lowest BCUT2D eigenvalue weighted by Gasteiger charge is -2.08. The molecular formula is C23H22FN5O2. The van der Waals surface area contributed by atoms with Gasteiger partial charge in [0.2, 0.25) is 5.91 Å². The first kappa shape index (κ1) is 20.5. The summed E-state index contributed by atoms with van der Waals surface area (Å²) in [6.07, 6.45) is 4.05. The van der Waals surface area contributed by atoms with E-state index in [4.69, 9.17) is 0 Å². The summed E-state index contributed by atoms with van der Waals surface area (Å²) in [5.74, 6) is -0.354. The number of benzene rings is 2. The van der Waals surface area contributed by atoms with Crippen molar-refractivity contribution in [2.24, 2.45) is 0 Å². The zero-order valence-electron chi connectivity index (χ0n) is 16.9. The fourth-order valence-corrected chi connectivity index (χ4v) is 3.35. The number of hydrogen-bond donors (Lipinski definition) is 1. The molecule has 7 nitrogen and oxygen atoms in total. The first-order chi connectivity index (χ1) is 15.1. The van der Waals surface area contributed by atoms with Gasteiger partial charge < -0.3 is 5.32 Å². The Labute approximate surface area is 178 Å². The molecule has 2 aromatic heterocycles. The lowest BCUT2D eigenvalue weighted by molar-refractivity contribution is -0.121. The monoisotopic (exact) mass is 419 g/mol. The Bertz CT molecular complexity index is 1230. The maximum atomic E-state index is 13.1. The molecule has 0 saturated heterocycles. The third kappa shape index (κ3) is 5.03. The molecule has 0 saturated carbocycles. The lowest BCUT2D eigenvalue weighted by atomic mass is 10.1. The van der Waals surface area contributed by atoms with Crippen LogP contribution in [0, 0.1) is 5.82 Å². The number of aromatic nitrogens is 4. The van der Waals surface area contributed by atoms with Crippen LogP contribution in [0.25, 0.3) is 11.0 Å². The quantitative estimate of drug-likeness (QED) is 0.476. The van der Waals surface area contributed by atoms with Crippen molar-refractivity contribution in [2.45, 2.75) is 25.9 Å². The van der Waals surface area contributed by atoms with Crippen LogP contribution in [0.3, 0.4) is 0 Å². The summed E-state index contributed by atoms with van der Waals surface area (Å²) < 4.78 is 16.1. The molecule has 0 atom stereocenters. The van der Waals surface area contributed by atoms with Gasteiger partial charge in [-0.05, 0) is 29.7 Å². The number of rotatable bonds is 8. The Morgan fingerprint density at radius 3 is 2.58 bits per heavy atom. The molecule has 1 amide bonds. The second-order valence-corrected chi connectivity index (χ2v) is 7.24. The third-order valence-electron chi connectivity index (χ3n) is 5.02. The Morgan fingerprint density at radius 2 is 1.81 bits per heavy atom. The van der Waals surface area contributed by atoms with Crippen LogP contribution in [-0.2, 0) is 24.3 Å². The van der Waals surface area contributed by atoms with Crippen molar-refractivity contribution in [3.05, 3.63) is 94.4 Å². The van der Waals surface area contributed by atoms with Gasteiger partial charge in [0, 0.05) is 13.0 Å². The molecule has 0 bridgehead atoms. The minimum absolute atomic E-state index is 0.0325. The molecule has 1 N–H and O–H groups in total. The SMILES string of the molecule is O=C(CCc1ccccc1)NCCn1ncc2c(=O)n(Cc3ccc(F)cc3)cnc21. The van der Waals surface area contributed by atoms with Gasteiger partial charge >= 0.3 is 0 Å². The zero-order valence-corrected chi connectivity index (χ0v) is 16.9. The number of carbonyl (C=O) groups excluding carboxylic acids is 1. The van der Waals surface area contributed by atoms with Gasteiger partial charge in [0.25, 0.3) is 5.56 Å². The van der Waals surface area contributed by atoms with E-state index in [-0.39, 0.29) is 17.3 Å². The van der Waals surface area contributed by atoms with Crippen LogP contribution < -0.4 is 10.9 Å². The van der Waals surface area contributed by atoms with Gasteiger partial charge in [0.1, 0.15) is 17.5 Å². The van der Waals surface area contributed by atoms with Gasteiger partial charge in [0.15, 0.2) is 5.65 Å². The van der Waals surface area contributed by atoms with Gasteiger partial charge in [-0.25, -0.2) is 14.1 Å². The molecule has 4 rings (SSSR count). The van der Waals surface area contributed by atoms with Crippen molar-refractivity contribution in [2.75, 3.05) is 6.54 Å². The molecule has 2 heterocycles. The highest BCUT2D eigenvalue weighted by atomic mass is 19.1. The molecule has 158 valence electrons. The maximum absolute atomic E-state index is 13.1. The van der Waals surface area contributed by atoms with Gasteiger partial charge in [-0.3, -0.25) is 14.2 Å². The van der Waals surface area contributed by atoms with E-state index in [9.17, 15) is 14.0 Å². The normalized spacial score (nSPS) is 11.0. The molecule has 0 aliphatic rings. The number of carbonyl (C=O) groups is 1. The number of nitrogens with one attached hydrogen (secondary N) is 1. The minimum Gasteiger partial charge on any atom is -0.354 e. The second-order valence-electron chi connectivity index (χ2n) is 7.24. The van der Waals surface area contributed by atoms with E-state index < -0.39 is 0 Å². The molecule has 31 heavy (non-hydrogen) atoms. The molecule has 8 heteroatoms. The predicted molar refractivity (Wildman–Crippen MR) is 115 cm³/mol. The molecule has 0 fully saturated rings. The summed E-state index contributed by atoms with van der Waals surface area (Å²) in [7, 11) is 0. The molecule has 0 aliphatic heterocycles. The largest absolute Gasteiger partial charge is 0.354 e. The highest BCUT2D eigenvalue weighted by Gasteiger charge is 2.11. The van der Waals surface area contributed by atoms with Crippen LogP contribution in [0.1, 0.15) is 17.5 Å². The fourth-order valence-electron chi connectivity index (χ4n) is 3.35. The Hall–Kier alpha value is -3.81. The fraction of sp³-hybridized carbons (Fsp3) is 0.217. The summed E-state index contributed by atoms with van der Waals surface area (Å²) in [4.78, 5) is 29.2. The topological polar surface area (TPSA) is 81.8 Å². The average Bonchev–Trinajstić information content (AvgIpc) is 3.20. The third-order valence-corrected chi connectivity index (χ3v) is 5.02. The Kier molecular flexibility index (Phi) is 6.16. The van der Waals surface area contributed by atoms with Crippen molar-refractivity contribution in [3.63, 3.8) is 0 Å². The van der Waals surface area contributed by atoms with Crippen LogP contribution in [0.15, 0.2) is 71.9 Å². The molecule has 0 aliphatic carbocycles. The van der Waals surface area contributed by atoms with Gasteiger partial charge in [0.05, 0.1) is 19.3 Å². The van der Waals surface area contributed by atoms with Gasteiger partial charge in [-0.2, -0.15) is 5.10 Å². The predicted octanol–water partition coefficient (Wildman–Crippen LogP) is 2.53. The summed E-state index contributed by atoms with van der Waals surface area (Å²) in [6.45, 7) is 1.10. The second kappa shape index (κ2) is 9.34. The molecule has 4 aromatic rings. The van der Waals surface area contributed by atoms with E-state index in [1.54, 1.807) is 16.8 Å². The zero-order chi connectivity index (χ0) is 21.6. The molecule has 0 unspecified atom stereocenters. The smallest absolute Gasteiger partial charge is 0.264 e. The average molecular weight is 419 g/mol. The molecule has 0 radical (unpaired) electrons. The van der Waals surface area contributed by atoms with E-state index in [1.807, 2.05) is 30.3 Å². The van der Waals surface area contributed by atoms with Crippen LogP contribution in [0.5, 0.6) is 0 Å². The molecule has 0 spiro atoms. The van der Waals surface area contributed by atoms with Crippen molar-refractivity contribution >= 4 is 16.9 Å². The maximum Gasteiger partial charge on any atom is 0.264 e. The van der Waals surface area contributed by atoms with E-state index in [2.05, 4.69) is 15.4 Å². The first-order valence-electron chi connectivity index (χ1n) is 10.1. The standard InChI is InChI=1S/C23H22FN5O2/c24-19-9-6-18(7-10-19)15-28-16-26-22-20(23(28)31)14-27-29(22)13-12-25-21(30)11-8-17-4-2-1-3-5-17/h1-7,9-10,14,16H,8,11-13,15H2,(H,25,30). The van der Waals surface area contributed by atoms with Crippen LogP contribution >= 0.6 is 0 Å². The highest BCUT2D eigenvalue weighted by Crippen LogP contribution is 2.08. The summed E-state index contributed by atoms with van der Waals surface area (Å²) in [5.41, 5.74) is 2.18. The number of nitrogens with zero attached hydrogens (tertiary/aromatic N) is 4. The number of amides is 1. The van der Waals surface area contributed by atoms with E-state index in [1.165, 1.54) is 29.2 Å². The highest BCUT2D eigenvalue weighted by molar-refractivity contribution is 5.76. The lowest BCUT2D eigenvalue weighted by Crippen LogP contribution is -2.28. The van der Waals surface area contributed by atoms with Crippen LogP contribution in [0.2, 0.25) is 0 Å². The summed E-state index contributed by atoms with van der Waals surface area (Å²) in [5, 5.41) is 7.53.